The Morgan fingerprint density at radius 1 is 1.10 bits per heavy atom. The smallest absolute Gasteiger partial charge is 0.357 e. The molecule has 29 heavy (non-hydrogen) atoms. The second-order valence-electron chi connectivity index (χ2n) is 6.49. The highest BCUT2D eigenvalue weighted by molar-refractivity contribution is 7.18. The molecule has 146 valence electrons. The summed E-state index contributed by atoms with van der Waals surface area (Å²) in [5.74, 6) is -1.63. The van der Waals surface area contributed by atoms with E-state index in [1.54, 1.807) is 19.2 Å². The lowest BCUT2D eigenvalue weighted by atomic mass is 10.1. The molecule has 4 rings (SSSR count). The number of fused-ring (bicyclic) bond motifs is 2. The van der Waals surface area contributed by atoms with Crippen LogP contribution in [0, 0.1) is 0 Å². The van der Waals surface area contributed by atoms with Crippen LogP contribution >= 0.6 is 11.3 Å². The minimum atomic E-state index is -1.26. The highest BCUT2D eigenvalue weighted by Crippen LogP contribution is 2.22. The molecule has 9 heteroatoms. The molecule has 0 saturated carbocycles. The maximum Gasteiger partial charge on any atom is 0.357 e. The first kappa shape index (κ1) is 18.8. The van der Waals surface area contributed by atoms with Crippen molar-refractivity contribution >= 4 is 44.2 Å². The molecule has 1 N–H and O–H groups in total. The number of amides is 1. The first-order valence-corrected chi connectivity index (χ1v) is 9.57. The van der Waals surface area contributed by atoms with Gasteiger partial charge >= 0.3 is 5.97 Å². The monoisotopic (exact) mass is 408 g/mol. The highest BCUT2D eigenvalue weighted by atomic mass is 32.1. The molecular weight excluding hydrogens is 392 g/mol. The molecule has 0 atom stereocenters. The van der Waals surface area contributed by atoms with Crippen LogP contribution in [0.3, 0.4) is 0 Å². The molecule has 0 aliphatic rings. The van der Waals surface area contributed by atoms with Crippen LogP contribution in [0.15, 0.2) is 53.3 Å². The van der Waals surface area contributed by atoms with Crippen molar-refractivity contribution in [1.82, 2.24) is 19.7 Å². The Labute approximate surface area is 168 Å². The van der Waals surface area contributed by atoms with Gasteiger partial charge in [-0.2, -0.15) is 5.10 Å². The summed E-state index contributed by atoms with van der Waals surface area (Å²) >= 11 is 1.49. The molecule has 2 aromatic carbocycles. The second-order valence-corrected chi connectivity index (χ2v) is 7.60. The van der Waals surface area contributed by atoms with Gasteiger partial charge in [0.05, 0.1) is 22.1 Å². The average molecular weight is 408 g/mol. The molecule has 0 bridgehead atoms. The Balaban J connectivity index is 1.60. The van der Waals surface area contributed by atoms with Crippen LogP contribution in [0.1, 0.15) is 15.5 Å². The van der Waals surface area contributed by atoms with E-state index in [9.17, 15) is 19.5 Å². The SMILES string of the molecule is CN(Cc1nc2ccccc2s1)C(=O)Cn1nc(C(=O)O)c2ccccc2c1=O. The summed E-state index contributed by atoms with van der Waals surface area (Å²) in [7, 11) is 1.61. The molecule has 8 nitrogen and oxygen atoms in total. The molecule has 2 heterocycles. The highest BCUT2D eigenvalue weighted by Gasteiger charge is 2.19. The van der Waals surface area contributed by atoms with Gasteiger partial charge in [0.15, 0.2) is 5.69 Å². The molecule has 2 aromatic heterocycles. The van der Waals surface area contributed by atoms with Crippen LogP contribution in [0.4, 0.5) is 0 Å². The number of likely N-dealkylation sites (N-methyl/N-ethyl adjacent to an activating group) is 1. The van der Waals surface area contributed by atoms with Gasteiger partial charge in [-0.3, -0.25) is 9.59 Å². The molecule has 0 aliphatic carbocycles. The summed E-state index contributed by atoms with van der Waals surface area (Å²) in [6.07, 6.45) is 0. The van der Waals surface area contributed by atoms with Gasteiger partial charge in [0.1, 0.15) is 11.6 Å². The zero-order valence-corrected chi connectivity index (χ0v) is 16.2. The third-order valence-corrected chi connectivity index (χ3v) is 5.51. The number of para-hydroxylation sites is 1. The quantitative estimate of drug-likeness (QED) is 0.543. The lowest BCUT2D eigenvalue weighted by Crippen LogP contribution is -2.35. The molecule has 0 spiro atoms. The minimum Gasteiger partial charge on any atom is -0.476 e. The van der Waals surface area contributed by atoms with Crippen LogP contribution < -0.4 is 5.56 Å². The van der Waals surface area contributed by atoms with E-state index in [0.29, 0.717) is 0 Å². The summed E-state index contributed by atoms with van der Waals surface area (Å²) in [6.45, 7) is -0.0718. The molecule has 0 fully saturated rings. The maximum atomic E-state index is 12.7. The van der Waals surface area contributed by atoms with E-state index < -0.39 is 11.5 Å². The number of thiazole rings is 1. The zero-order valence-electron chi connectivity index (χ0n) is 15.4. The number of carboxylic acid groups (broad SMARTS) is 1. The van der Waals surface area contributed by atoms with E-state index in [1.807, 2.05) is 24.3 Å². The van der Waals surface area contributed by atoms with E-state index in [2.05, 4.69) is 10.1 Å². The minimum absolute atomic E-state index is 0.210. The summed E-state index contributed by atoms with van der Waals surface area (Å²) in [6, 6.07) is 14.0. The van der Waals surface area contributed by atoms with Gasteiger partial charge in [-0.15, -0.1) is 11.3 Å². The number of hydrogen-bond donors (Lipinski definition) is 1. The lowest BCUT2D eigenvalue weighted by Gasteiger charge is -2.16. The zero-order chi connectivity index (χ0) is 20.5. The van der Waals surface area contributed by atoms with E-state index >= 15 is 0 Å². The van der Waals surface area contributed by atoms with E-state index in [4.69, 9.17) is 0 Å². The van der Waals surface area contributed by atoms with Crippen molar-refractivity contribution in [2.75, 3.05) is 7.05 Å². The van der Waals surface area contributed by atoms with Crippen molar-refractivity contribution in [3.63, 3.8) is 0 Å². The Morgan fingerprint density at radius 3 is 2.52 bits per heavy atom. The van der Waals surface area contributed by atoms with Crippen LogP contribution in [-0.2, 0) is 17.9 Å². The normalized spacial score (nSPS) is 11.1. The molecule has 4 aromatic rings. The molecular formula is C20H16N4O4S. The molecule has 0 saturated heterocycles. The van der Waals surface area contributed by atoms with Crippen molar-refractivity contribution in [3.8, 4) is 0 Å². The standard InChI is InChI=1S/C20H16N4O4S/c1-23(10-16-21-14-8-4-5-9-15(14)29-16)17(25)11-24-19(26)13-7-3-2-6-12(13)18(22-24)20(27)28/h2-9H,10-11H2,1H3,(H,27,28). The van der Waals surface area contributed by atoms with Crippen LogP contribution in [0.5, 0.6) is 0 Å². The van der Waals surface area contributed by atoms with Crippen LogP contribution in [-0.4, -0.2) is 43.7 Å². The first-order chi connectivity index (χ1) is 13.9. The first-order valence-electron chi connectivity index (χ1n) is 8.75. The van der Waals surface area contributed by atoms with Crippen molar-refractivity contribution in [2.45, 2.75) is 13.1 Å². The average Bonchev–Trinajstić information content (AvgIpc) is 3.12. The number of aromatic carboxylic acids is 1. The van der Waals surface area contributed by atoms with Crippen LogP contribution in [0.25, 0.3) is 21.0 Å². The van der Waals surface area contributed by atoms with E-state index in [0.717, 1.165) is 19.9 Å². The van der Waals surface area contributed by atoms with Gasteiger partial charge < -0.3 is 10.0 Å². The third-order valence-electron chi connectivity index (χ3n) is 4.49. The number of benzene rings is 2. The number of rotatable bonds is 5. The fourth-order valence-corrected chi connectivity index (χ4v) is 4.05. The molecule has 0 unspecified atom stereocenters. The number of carbonyl (C=O) groups excluding carboxylic acids is 1. The second kappa shape index (κ2) is 7.44. The van der Waals surface area contributed by atoms with Gasteiger partial charge in [-0.05, 0) is 18.2 Å². The Hall–Kier alpha value is -3.59. The predicted octanol–water partition coefficient (Wildman–Crippen LogP) is 2.36. The topological polar surface area (TPSA) is 105 Å². The van der Waals surface area contributed by atoms with Gasteiger partial charge in [0.25, 0.3) is 5.56 Å². The Bertz CT molecular complexity index is 1280. The number of aromatic nitrogens is 3. The lowest BCUT2D eigenvalue weighted by molar-refractivity contribution is -0.131. The molecule has 0 radical (unpaired) electrons. The number of nitrogens with zero attached hydrogens (tertiary/aromatic N) is 4. The van der Waals surface area contributed by atoms with Gasteiger partial charge in [0.2, 0.25) is 5.91 Å². The van der Waals surface area contributed by atoms with Crippen molar-refractivity contribution in [2.24, 2.45) is 0 Å². The predicted molar refractivity (Wildman–Crippen MR) is 109 cm³/mol. The van der Waals surface area contributed by atoms with E-state index in [-0.39, 0.29) is 35.5 Å². The van der Waals surface area contributed by atoms with Crippen molar-refractivity contribution in [3.05, 3.63) is 69.6 Å². The number of carbonyl (C=O) groups is 2. The third kappa shape index (κ3) is 3.59. The van der Waals surface area contributed by atoms with Gasteiger partial charge in [0, 0.05) is 12.4 Å². The van der Waals surface area contributed by atoms with Gasteiger partial charge in [-0.1, -0.05) is 30.3 Å². The van der Waals surface area contributed by atoms with E-state index in [1.165, 1.54) is 28.4 Å². The number of carboxylic acids is 1. The molecule has 0 aliphatic heterocycles. The van der Waals surface area contributed by atoms with Crippen molar-refractivity contribution < 1.29 is 14.7 Å². The summed E-state index contributed by atoms with van der Waals surface area (Å²) in [4.78, 5) is 42.8. The van der Waals surface area contributed by atoms with Crippen molar-refractivity contribution in [1.29, 1.82) is 0 Å². The Kier molecular flexibility index (Phi) is 4.81. The van der Waals surface area contributed by atoms with Gasteiger partial charge in [-0.25, -0.2) is 14.5 Å². The Morgan fingerprint density at radius 2 is 1.79 bits per heavy atom. The number of hydrogen-bond acceptors (Lipinski definition) is 6. The van der Waals surface area contributed by atoms with Crippen LogP contribution in [0.2, 0.25) is 0 Å². The fourth-order valence-electron chi connectivity index (χ4n) is 3.03. The molecule has 1 amide bonds. The fraction of sp³-hybridized carbons (Fsp3) is 0.150. The maximum absolute atomic E-state index is 12.7. The summed E-state index contributed by atoms with van der Waals surface area (Å²) in [5.41, 5.74) is 0.0982. The summed E-state index contributed by atoms with van der Waals surface area (Å²) in [5, 5.41) is 14.6. The summed E-state index contributed by atoms with van der Waals surface area (Å²) < 4.78 is 1.94. The largest absolute Gasteiger partial charge is 0.476 e.